The third kappa shape index (κ3) is 3.42. The molecule has 0 radical (unpaired) electrons. The maximum Gasteiger partial charge on any atom is 0.234 e. The average Bonchev–Trinajstić information content (AvgIpc) is 2.94. The molecule has 0 unspecified atom stereocenters. The molecule has 3 rings (SSSR count). The van der Waals surface area contributed by atoms with Crippen molar-refractivity contribution >= 4 is 40.3 Å². The standard InChI is InChI=1S/C15H16N6OS/c1-8-3-4-10(5-9(8)2)19-11(22)6-23-15-20-12-13(16)17-7-18-14(12)21-15/h3-5,7H,6H2,1-2H3,(H,19,22)(H3,16,17,18,20,21). The number of nitrogens with one attached hydrogen (secondary N) is 2. The van der Waals surface area contributed by atoms with E-state index in [1.165, 1.54) is 23.7 Å². The van der Waals surface area contributed by atoms with Gasteiger partial charge in [0.2, 0.25) is 5.91 Å². The normalized spacial score (nSPS) is 10.9. The van der Waals surface area contributed by atoms with Crippen LogP contribution >= 0.6 is 11.8 Å². The SMILES string of the molecule is Cc1ccc(NC(=O)CSc2nc3ncnc(N)c3[nH]2)cc1C. The lowest BCUT2D eigenvalue weighted by Crippen LogP contribution is -2.14. The first-order chi connectivity index (χ1) is 11.0. The number of aromatic nitrogens is 4. The van der Waals surface area contributed by atoms with Gasteiger partial charge in [-0.05, 0) is 37.1 Å². The Labute approximate surface area is 137 Å². The number of hydrogen-bond donors (Lipinski definition) is 3. The van der Waals surface area contributed by atoms with Gasteiger partial charge in [0, 0.05) is 5.69 Å². The Kier molecular flexibility index (Phi) is 4.16. The van der Waals surface area contributed by atoms with Crippen LogP contribution in [0, 0.1) is 13.8 Å². The highest BCUT2D eigenvalue weighted by Crippen LogP contribution is 2.21. The molecule has 0 saturated carbocycles. The molecule has 0 bridgehead atoms. The Morgan fingerprint density at radius 1 is 1.30 bits per heavy atom. The van der Waals surface area contributed by atoms with E-state index < -0.39 is 0 Å². The molecule has 0 fully saturated rings. The topological polar surface area (TPSA) is 110 Å². The molecule has 8 heteroatoms. The maximum atomic E-state index is 12.0. The van der Waals surface area contributed by atoms with Crippen LogP contribution in [0.1, 0.15) is 11.1 Å². The van der Waals surface area contributed by atoms with Gasteiger partial charge in [-0.2, -0.15) is 0 Å². The largest absolute Gasteiger partial charge is 0.382 e. The maximum absolute atomic E-state index is 12.0. The number of amides is 1. The van der Waals surface area contributed by atoms with Gasteiger partial charge in [0.05, 0.1) is 5.75 Å². The number of aromatic amines is 1. The zero-order chi connectivity index (χ0) is 16.4. The molecule has 0 saturated heterocycles. The van der Waals surface area contributed by atoms with Crippen LogP contribution in [0.2, 0.25) is 0 Å². The van der Waals surface area contributed by atoms with Gasteiger partial charge in [0.25, 0.3) is 0 Å². The van der Waals surface area contributed by atoms with Crippen LogP contribution in [0.15, 0.2) is 29.7 Å². The lowest BCUT2D eigenvalue weighted by molar-refractivity contribution is -0.113. The number of imidazole rings is 1. The molecule has 2 aromatic heterocycles. The molecule has 0 aliphatic rings. The summed E-state index contributed by atoms with van der Waals surface area (Å²) in [6, 6.07) is 5.83. The molecule has 1 aromatic carbocycles. The molecular weight excluding hydrogens is 312 g/mol. The van der Waals surface area contributed by atoms with Crippen LogP contribution in [0.25, 0.3) is 11.2 Å². The van der Waals surface area contributed by atoms with Crippen LogP contribution in [0.4, 0.5) is 11.5 Å². The summed E-state index contributed by atoms with van der Waals surface area (Å²) in [6.45, 7) is 4.05. The molecule has 0 aliphatic heterocycles. The molecule has 2 heterocycles. The zero-order valence-electron chi connectivity index (χ0n) is 12.8. The summed E-state index contributed by atoms with van der Waals surface area (Å²) in [4.78, 5) is 27.3. The van der Waals surface area contributed by atoms with E-state index in [-0.39, 0.29) is 11.7 Å². The Balaban J connectivity index is 1.63. The number of benzene rings is 1. The van der Waals surface area contributed by atoms with Crippen LogP contribution in [0.5, 0.6) is 0 Å². The minimum atomic E-state index is -0.0993. The Morgan fingerprint density at radius 3 is 2.87 bits per heavy atom. The van der Waals surface area contributed by atoms with Crippen LogP contribution < -0.4 is 11.1 Å². The van der Waals surface area contributed by atoms with Crippen molar-refractivity contribution in [3.05, 3.63) is 35.7 Å². The van der Waals surface area contributed by atoms with Crippen LogP contribution in [-0.4, -0.2) is 31.6 Å². The van der Waals surface area contributed by atoms with Gasteiger partial charge < -0.3 is 16.0 Å². The summed E-state index contributed by atoms with van der Waals surface area (Å²) < 4.78 is 0. The molecule has 7 nitrogen and oxygen atoms in total. The van der Waals surface area contributed by atoms with E-state index in [1.54, 1.807) is 0 Å². The third-order valence-electron chi connectivity index (χ3n) is 3.43. The Morgan fingerprint density at radius 2 is 2.13 bits per heavy atom. The van der Waals surface area contributed by atoms with Gasteiger partial charge in [-0.25, -0.2) is 15.0 Å². The summed E-state index contributed by atoms with van der Waals surface area (Å²) in [6.07, 6.45) is 1.36. The highest BCUT2D eigenvalue weighted by molar-refractivity contribution is 7.99. The minimum Gasteiger partial charge on any atom is -0.382 e. The fourth-order valence-corrected chi connectivity index (χ4v) is 2.71. The fourth-order valence-electron chi connectivity index (χ4n) is 2.04. The van der Waals surface area contributed by atoms with Crippen molar-refractivity contribution in [2.45, 2.75) is 19.0 Å². The van der Waals surface area contributed by atoms with Gasteiger partial charge >= 0.3 is 0 Å². The number of carbonyl (C=O) groups is 1. The number of nitrogens with two attached hydrogens (primary N) is 1. The fraction of sp³-hybridized carbons (Fsp3) is 0.200. The monoisotopic (exact) mass is 328 g/mol. The number of thioether (sulfide) groups is 1. The predicted molar refractivity (Wildman–Crippen MR) is 91.4 cm³/mol. The number of fused-ring (bicyclic) bond motifs is 1. The van der Waals surface area contributed by atoms with Gasteiger partial charge in [-0.3, -0.25) is 4.79 Å². The highest BCUT2D eigenvalue weighted by Gasteiger charge is 2.10. The molecule has 1 amide bonds. The first kappa shape index (κ1) is 15.3. The van der Waals surface area contributed by atoms with Gasteiger partial charge in [0.15, 0.2) is 16.6 Å². The van der Waals surface area contributed by atoms with Crippen LogP contribution in [-0.2, 0) is 4.79 Å². The smallest absolute Gasteiger partial charge is 0.234 e. The number of aryl methyl sites for hydroxylation is 2. The number of anilines is 2. The quantitative estimate of drug-likeness (QED) is 0.634. The second-order valence-corrected chi connectivity index (χ2v) is 6.10. The van der Waals surface area contributed by atoms with E-state index >= 15 is 0 Å². The first-order valence-corrected chi connectivity index (χ1v) is 7.97. The average molecular weight is 328 g/mol. The van der Waals surface area contributed by atoms with Crippen LogP contribution in [0.3, 0.4) is 0 Å². The molecule has 0 spiro atoms. The highest BCUT2D eigenvalue weighted by atomic mass is 32.2. The van der Waals surface area contributed by atoms with Crippen molar-refractivity contribution < 1.29 is 4.79 Å². The summed E-state index contributed by atoms with van der Waals surface area (Å²) in [5.41, 5.74) is 9.95. The van der Waals surface area contributed by atoms with Gasteiger partial charge in [-0.15, -0.1) is 0 Å². The number of nitrogens with zero attached hydrogens (tertiary/aromatic N) is 3. The second-order valence-electron chi connectivity index (χ2n) is 5.14. The van der Waals surface area contributed by atoms with E-state index in [9.17, 15) is 4.79 Å². The molecule has 118 valence electrons. The van der Waals surface area contributed by atoms with Crippen molar-refractivity contribution in [1.82, 2.24) is 19.9 Å². The minimum absolute atomic E-state index is 0.0993. The lowest BCUT2D eigenvalue weighted by atomic mass is 10.1. The van der Waals surface area contributed by atoms with Gasteiger partial charge in [-0.1, -0.05) is 17.8 Å². The summed E-state index contributed by atoms with van der Waals surface area (Å²) in [7, 11) is 0. The molecule has 3 aromatic rings. The van der Waals surface area contributed by atoms with Crippen molar-refractivity contribution in [2.24, 2.45) is 0 Å². The summed E-state index contributed by atoms with van der Waals surface area (Å²) in [5, 5.41) is 3.46. The Bertz CT molecular complexity index is 876. The molecular formula is C15H16N6OS. The third-order valence-corrected chi connectivity index (χ3v) is 4.30. The molecule has 0 atom stereocenters. The van der Waals surface area contributed by atoms with E-state index in [4.69, 9.17) is 5.73 Å². The van der Waals surface area contributed by atoms with Crippen molar-refractivity contribution in [2.75, 3.05) is 16.8 Å². The number of carbonyl (C=O) groups excluding carboxylic acids is 1. The molecule has 0 aliphatic carbocycles. The number of hydrogen-bond acceptors (Lipinski definition) is 6. The summed E-state index contributed by atoms with van der Waals surface area (Å²) >= 11 is 1.29. The van der Waals surface area contributed by atoms with Crippen molar-refractivity contribution in [3.8, 4) is 0 Å². The zero-order valence-corrected chi connectivity index (χ0v) is 13.6. The number of rotatable bonds is 4. The number of H-pyrrole nitrogens is 1. The Hall–Kier alpha value is -2.61. The van der Waals surface area contributed by atoms with E-state index in [2.05, 4.69) is 25.3 Å². The second kappa shape index (κ2) is 6.25. The van der Waals surface area contributed by atoms with E-state index in [0.717, 1.165) is 11.3 Å². The van der Waals surface area contributed by atoms with Gasteiger partial charge in [0.1, 0.15) is 11.8 Å². The van der Waals surface area contributed by atoms with E-state index in [0.29, 0.717) is 22.1 Å². The van der Waals surface area contributed by atoms with E-state index in [1.807, 2.05) is 32.0 Å². The number of nitrogen functional groups attached to an aromatic ring is 1. The lowest BCUT2D eigenvalue weighted by Gasteiger charge is -2.07. The van der Waals surface area contributed by atoms with Crippen molar-refractivity contribution in [1.29, 1.82) is 0 Å². The summed E-state index contributed by atoms with van der Waals surface area (Å²) in [5.74, 6) is 0.479. The predicted octanol–water partition coefficient (Wildman–Crippen LogP) is 2.28. The van der Waals surface area contributed by atoms with Crippen molar-refractivity contribution in [3.63, 3.8) is 0 Å². The molecule has 4 N–H and O–H groups in total. The molecule has 23 heavy (non-hydrogen) atoms. The first-order valence-electron chi connectivity index (χ1n) is 6.99.